The van der Waals surface area contributed by atoms with Gasteiger partial charge in [0.25, 0.3) is 5.91 Å². The third kappa shape index (κ3) is 2.82. The lowest BCUT2D eigenvalue weighted by Gasteiger charge is -2.06. The number of aliphatic hydroxyl groups excluding tert-OH is 1. The summed E-state index contributed by atoms with van der Waals surface area (Å²) in [5.74, 6) is 0.728. The first-order valence-electron chi connectivity index (χ1n) is 6.10. The second-order valence-corrected chi connectivity index (χ2v) is 4.22. The summed E-state index contributed by atoms with van der Waals surface area (Å²) in [7, 11) is 0. The van der Waals surface area contributed by atoms with E-state index in [1.54, 1.807) is 18.3 Å². The van der Waals surface area contributed by atoms with Crippen molar-refractivity contribution in [3.63, 3.8) is 0 Å². The molecule has 0 aromatic carbocycles. The normalized spacial score (nSPS) is 10.5. The molecule has 0 aliphatic heterocycles. The van der Waals surface area contributed by atoms with Crippen LogP contribution >= 0.6 is 0 Å². The largest absolute Gasteiger partial charge is 0.456 e. The molecule has 0 aliphatic rings. The molecule has 0 spiro atoms. The summed E-state index contributed by atoms with van der Waals surface area (Å²) >= 11 is 0. The zero-order chi connectivity index (χ0) is 13.8. The van der Waals surface area contributed by atoms with Crippen molar-refractivity contribution >= 4 is 11.6 Å². The summed E-state index contributed by atoms with van der Waals surface area (Å²) in [6, 6.07) is 3.36. The molecule has 100 valence electrons. The number of anilines is 1. The summed E-state index contributed by atoms with van der Waals surface area (Å²) in [5, 5.41) is 11.9. The van der Waals surface area contributed by atoms with Gasteiger partial charge in [-0.25, -0.2) is 0 Å². The van der Waals surface area contributed by atoms with Gasteiger partial charge in [-0.15, -0.1) is 0 Å². The minimum Gasteiger partial charge on any atom is -0.456 e. The second-order valence-electron chi connectivity index (χ2n) is 4.22. The van der Waals surface area contributed by atoms with E-state index in [1.165, 1.54) is 6.20 Å². The number of hydrogen-bond donors (Lipinski definition) is 2. The van der Waals surface area contributed by atoms with Crippen LogP contribution in [0.4, 0.5) is 5.69 Å². The van der Waals surface area contributed by atoms with Crippen LogP contribution in [-0.2, 0) is 13.0 Å². The molecular formula is C14H16N2O3. The number of nitrogens with zero attached hydrogens (tertiary/aromatic N) is 1. The fraction of sp³-hybridized carbons (Fsp3) is 0.286. The maximum atomic E-state index is 12.0. The maximum absolute atomic E-state index is 12.0. The molecule has 2 N–H and O–H groups in total. The average molecular weight is 260 g/mol. The molecule has 2 aromatic heterocycles. The molecule has 2 heterocycles. The fourth-order valence-electron chi connectivity index (χ4n) is 1.84. The highest BCUT2D eigenvalue weighted by molar-refractivity contribution is 6.02. The summed E-state index contributed by atoms with van der Waals surface area (Å²) in [6.45, 7) is 3.72. The molecule has 0 radical (unpaired) electrons. The van der Waals surface area contributed by atoms with Crippen LogP contribution in [0.2, 0.25) is 0 Å². The van der Waals surface area contributed by atoms with E-state index in [1.807, 2.05) is 13.8 Å². The summed E-state index contributed by atoms with van der Waals surface area (Å²) in [5.41, 5.74) is 2.06. The van der Waals surface area contributed by atoms with E-state index in [9.17, 15) is 9.90 Å². The third-order valence-corrected chi connectivity index (χ3v) is 2.90. The number of hydrogen-bond acceptors (Lipinski definition) is 4. The number of furan rings is 1. The highest BCUT2D eigenvalue weighted by atomic mass is 16.4. The lowest BCUT2D eigenvalue weighted by molar-refractivity contribution is 0.0995. The van der Waals surface area contributed by atoms with Crippen molar-refractivity contribution < 1.29 is 14.3 Å². The molecule has 0 bridgehead atoms. The molecule has 5 nitrogen and oxygen atoms in total. The Labute approximate surface area is 111 Å². The number of amides is 1. The van der Waals surface area contributed by atoms with Gasteiger partial charge in [0.2, 0.25) is 0 Å². The summed E-state index contributed by atoms with van der Waals surface area (Å²) in [6.07, 6.45) is 3.81. The Bertz CT molecular complexity index is 590. The Morgan fingerprint density at radius 2 is 2.32 bits per heavy atom. The predicted octanol–water partition coefficient (Wildman–Crippen LogP) is 2.29. The molecule has 19 heavy (non-hydrogen) atoms. The molecule has 0 aliphatic carbocycles. The molecule has 0 fully saturated rings. The van der Waals surface area contributed by atoms with E-state index in [4.69, 9.17) is 4.42 Å². The summed E-state index contributed by atoms with van der Waals surface area (Å²) < 4.78 is 5.48. The third-order valence-electron chi connectivity index (χ3n) is 2.90. The molecule has 0 saturated heterocycles. The van der Waals surface area contributed by atoms with Gasteiger partial charge >= 0.3 is 0 Å². The van der Waals surface area contributed by atoms with Gasteiger partial charge < -0.3 is 14.8 Å². The highest BCUT2D eigenvalue weighted by Crippen LogP contribution is 2.18. The first-order valence-corrected chi connectivity index (χ1v) is 6.10. The van der Waals surface area contributed by atoms with E-state index < -0.39 is 0 Å². The molecule has 2 aromatic rings. The molecule has 0 unspecified atom stereocenters. The Morgan fingerprint density at radius 3 is 2.95 bits per heavy atom. The van der Waals surface area contributed by atoms with Crippen LogP contribution in [0.15, 0.2) is 28.9 Å². The number of aromatic nitrogens is 1. The van der Waals surface area contributed by atoms with Crippen molar-refractivity contribution in [3.8, 4) is 0 Å². The smallest absolute Gasteiger partial charge is 0.291 e. The van der Waals surface area contributed by atoms with Gasteiger partial charge in [0.05, 0.1) is 18.5 Å². The molecular weight excluding hydrogens is 244 g/mol. The lowest BCUT2D eigenvalue weighted by Crippen LogP contribution is -2.12. The molecule has 5 heteroatoms. The molecule has 0 atom stereocenters. The van der Waals surface area contributed by atoms with Crippen LogP contribution < -0.4 is 5.32 Å². The van der Waals surface area contributed by atoms with Crippen LogP contribution in [-0.4, -0.2) is 16.0 Å². The Morgan fingerprint density at radius 1 is 1.53 bits per heavy atom. The monoisotopic (exact) mass is 260 g/mol. The topological polar surface area (TPSA) is 75.4 Å². The number of pyridine rings is 1. The predicted molar refractivity (Wildman–Crippen MR) is 70.9 cm³/mol. The highest BCUT2D eigenvalue weighted by Gasteiger charge is 2.15. The average Bonchev–Trinajstić information content (AvgIpc) is 2.80. The fourth-order valence-corrected chi connectivity index (χ4v) is 1.84. The standard InChI is InChI=1S/C14H16N2O3/c1-3-12-9(2)6-13(19-12)14(18)16-11-7-15-5-4-10(11)8-17/h4-7,17H,3,8H2,1-2H3,(H,16,18). The molecule has 2 rings (SSSR count). The first kappa shape index (κ1) is 13.3. The van der Waals surface area contributed by atoms with Crippen LogP contribution in [0.1, 0.15) is 34.4 Å². The minimum atomic E-state index is -0.342. The maximum Gasteiger partial charge on any atom is 0.291 e. The van der Waals surface area contributed by atoms with Crippen molar-refractivity contribution in [2.45, 2.75) is 26.9 Å². The molecule has 1 amide bonds. The van der Waals surface area contributed by atoms with Gasteiger partial charge in [-0.2, -0.15) is 0 Å². The van der Waals surface area contributed by atoms with Crippen LogP contribution in [0, 0.1) is 6.92 Å². The van der Waals surface area contributed by atoms with E-state index in [2.05, 4.69) is 10.3 Å². The van der Waals surface area contributed by atoms with Crippen LogP contribution in [0.3, 0.4) is 0 Å². The van der Waals surface area contributed by atoms with Crippen LogP contribution in [0.25, 0.3) is 0 Å². The van der Waals surface area contributed by atoms with Gasteiger partial charge in [-0.1, -0.05) is 6.92 Å². The second kappa shape index (κ2) is 5.67. The SMILES string of the molecule is CCc1oc(C(=O)Nc2cnccc2CO)cc1C. The van der Waals surface area contributed by atoms with Crippen molar-refractivity contribution in [2.24, 2.45) is 0 Å². The Kier molecular flexibility index (Phi) is 3.97. The van der Waals surface area contributed by atoms with E-state index >= 15 is 0 Å². The van der Waals surface area contributed by atoms with Gasteiger partial charge in [0, 0.05) is 18.2 Å². The number of nitrogens with one attached hydrogen (secondary N) is 1. The van der Waals surface area contributed by atoms with Gasteiger partial charge in [0.1, 0.15) is 5.76 Å². The minimum absolute atomic E-state index is 0.157. The first-order chi connectivity index (χ1) is 9.15. The zero-order valence-corrected chi connectivity index (χ0v) is 10.9. The van der Waals surface area contributed by atoms with E-state index in [0.717, 1.165) is 17.7 Å². The van der Waals surface area contributed by atoms with Gasteiger partial charge in [-0.3, -0.25) is 9.78 Å². The van der Waals surface area contributed by atoms with E-state index in [0.29, 0.717) is 11.3 Å². The number of carbonyl (C=O) groups is 1. The number of rotatable bonds is 4. The Hall–Kier alpha value is -2.14. The Balaban J connectivity index is 2.20. The number of carbonyl (C=O) groups excluding carboxylic acids is 1. The van der Waals surface area contributed by atoms with Crippen LogP contribution in [0.5, 0.6) is 0 Å². The lowest BCUT2D eigenvalue weighted by atomic mass is 10.2. The van der Waals surface area contributed by atoms with Gasteiger partial charge in [0.15, 0.2) is 5.76 Å². The quantitative estimate of drug-likeness (QED) is 0.884. The van der Waals surface area contributed by atoms with Crippen molar-refractivity contribution in [1.29, 1.82) is 0 Å². The van der Waals surface area contributed by atoms with Crippen molar-refractivity contribution in [3.05, 3.63) is 47.2 Å². The number of aliphatic hydroxyl groups is 1. The number of aryl methyl sites for hydroxylation is 2. The van der Waals surface area contributed by atoms with Crippen molar-refractivity contribution in [2.75, 3.05) is 5.32 Å². The van der Waals surface area contributed by atoms with Gasteiger partial charge in [-0.05, 0) is 24.6 Å². The summed E-state index contributed by atoms with van der Waals surface area (Å²) in [4.78, 5) is 16.0. The molecule has 0 saturated carbocycles. The van der Waals surface area contributed by atoms with E-state index in [-0.39, 0.29) is 18.3 Å². The van der Waals surface area contributed by atoms with Crippen molar-refractivity contribution in [1.82, 2.24) is 4.98 Å². The zero-order valence-electron chi connectivity index (χ0n) is 10.9.